The Kier molecular flexibility index (Phi) is 5.79. The van der Waals surface area contributed by atoms with Gasteiger partial charge in [0.05, 0.1) is 0 Å². The number of rotatable bonds is 7. The molecule has 0 bridgehead atoms. The summed E-state index contributed by atoms with van der Waals surface area (Å²) < 4.78 is 0. The molecule has 2 aromatic rings. The molecule has 1 heterocycles. The van der Waals surface area contributed by atoms with Crippen LogP contribution in [0.4, 0.5) is 0 Å². The summed E-state index contributed by atoms with van der Waals surface area (Å²) in [5.74, 6) is -0.329. The van der Waals surface area contributed by atoms with E-state index in [4.69, 9.17) is 0 Å². The van der Waals surface area contributed by atoms with Crippen molar-refractivity contribution in [1.29, 1.82) is 0 Å². The van der Waals surface area contributed by atoms with Crippen molar-refractivity contribution >= 4 is 17.9 Å². The highest BCUT2D eigenvalue weighted by Gasteiger charge is 2.34. The SMILES string of the molecule is CC(NC(=O)C=Cc1ccccc1)C(=O)N(Cc1cccnc1)C1CC1. The molecule has 26 heavy (non-hydrogen) atoms. The maximum absolute atomic E-state index is 12.8. The van der Waals surface area contributed by atoms with Crippen molar-refractivity contribution in [2.75, 3.05) is 0 Å². The second kappa shape index (κ2) is 8.43. The molecular weight excluding hydrogens is 326 g/mol. The van der Waals surface area contributed by atoms with Gasteiger partial charge < -0.3 is 10.2 Å². The molecule has 1 aliphatic carbocycles. The summed E-state index contributed by atoms with van der Waals surface area (Å²) in [7, 11) is 0. The lowest BCUT2D eigenvalue weighted by atomic mass is 10.2. The molecule has 1 fully saturated rings. The summed E-state index contributed by atoms with van der Waals surface area (Å²) >= 11 is 0. The van der Waals surface area contributed by atoms with Gasteiger partial charge in [0.15, 0.2) is 0 Å². The zero-order valence-electron chi connectivity index (χ0n) is 14.8. The average molecular weight is 349 g/mol. The van der Waals surface area contributed by atoms with Gasteiger partial charge in [0, 0.05) is 31.1 Å². The highest BCUT2D eigenvalue weighted by molar-refractivity contribution is 5.95. The molecular formula is C21H23N3O2. The van der Waals surface area contributed by atoms with Gasteiger partial charge in [-0.3, -0.25) is 14.6 Å². The minimum atomic E-state index is -0.569. The maximum atomic E-state index is 12.8. The zero-order valence-corrected chi connectivity index (χ0v) is 14.8. The fraction of sp³-hybridized carbons (Fsp3) is 0.286. The summed E-state index contributed by atoms with van der Waals surface area (Å²) in [6, 6.07) is 13.1. The van der Waals surface area contributed by atoms with E-state index in [-0.39, 0.29) is 17.9 Å². The summed E-state index contributed by atoms with van der Waals surface area (Å²) in [6.07, 6.45) is 8.72. The van der Waals surface area contributed by atoms with E-state index >= 15 is 0 Å². The number of nitrogens with zero attached hydrogens (tertiary/aromatic N) is 2. The van der Waals surface area contributed by atoms with Gasteiger partial charge in [-0.05, 0) is 43.0 Å². The number of nitrogens with one attached hydrogen (secondary N) is 1. The Morgan fingerprint density at radius 3 is 2.65 bits per heavy atom. The normalized spacial score (nSPS) is 14.8. The first-order valence-electron chi connectivity index (χ1n) is 8.86. The molecule has 1 saturated carbocycles. The van der Waals surface area contributed by atoms with E-state index in [9.17, 15) is 9.59 Å². The Morgan fingerprint density at radius 2 is 2.00 bits per heavy atom. The minimum absolute atomic E-state index is 0.0576. The van der Waals surface area contributed by atoms with Crippen LogP contribution in [0.15, 0.2) is 60.9 Å². The second-order valence-electron chi connectivity index (χ2n) is 6.53. The first kappa shape index (κ1) is 17.9. The number of carbonyl (C=O) groups excluding carboxylic acids is 2. The smallest absolute Gasteiger partial charge is 0.245 e. The largest absolute Gasteiger partial charge is 0.341 e. The predicted octanol–water partition coefficient (Wildman–Crippen LogP) is 2.79. The van der Waals surface area contributed by atoms with Crippen LogP contribution >= 0.6 is 0 Å². The van der Waals surface area contributed by atoms with Gasteiger partial charge in [-0.2, -0.15) is 0 Å². The number of carbonyl (C=O) groups is 2. The minimum Gasteiger partial charge on any atom is -0.341 e. The molecule has 1 aliphatic rings. The van der Waals surface area contributed by atoms with Crippen molar-refractivity contribution < 1.29 is 9.59 Å². The topological polar surface area (TPSA) is 62.3 Å². The number of hydrogen-bond acceptors (Lipinski definition) is 3. The monoisotopic (exact) mass is 349 g/mol. The van der Waals surface area contributed by atoms with Gasteiger partial charge in [-0.15, -0.1) is 0 Å². The van der Waals surface area contributed by atoms with Gasteiger partial charge in [0.25, 0.3) is 0 Å². The Morgan fingerprint density at radius 1 is 1.23 bits per heavy atom. The molecule has 0 spiro atoms. The third-order valence-electron chi connectivity index (χ3n) is 4.30. The highest BCUT2D eigenvalue weighted by Crippen LogP contribution is 2.28. The van der Waals surface area contributed by atoms with Crippen molar-refractivity contribution in [2.24, 2.45) is 0 Å². The van der Waals surface area contributed by atoms with Gasteiger partial charge in [-0.25, -0.2) is 0 Å². The fourth-order valence-corrected chi connectivity index (χ4v) is 2.77. The van der Waals surface area contributed by atoms with Crippen molar-refractivity contribution in [3.8, 4) is 0 Å². The molecule has 0 aliphatic heterocycles. The van der Waals surface area contributed by atoms with E-state index in [0.29, 0.717) is 6.54 Å². The van der Waals surface area contributed by atoms with Crippen LogP contribution in [0.1, 0.15) is 30.9 Å². The summed E-state index contributed by atoms with van der Waals surface area (Å²) in [5.41, 5.74) is 1.94. The van der Waals surface area contributed by atoms with Crippen molar-refractivity contribution in [3.05, 3.63) is 72.1 Å². The van der Waals surface area contributed by atoms with Crippen LogP contribution in [0.3, 0.4) is 0 Å². The lowest BCUT2D eigenvalue weighted by molar-refractivity contribution is -0.136. The molecule has 1 N–H and O–H groups in total. The highest BCUT2D eigenvalue weighted by atomic mass is 16.2. The van der Waals surface area contributed by atoms with E-state index in [1.54, 1.807) is 25.4 Å². The molecule has 0 saturated heterocycles. The maximum Gasteiger partial charge on any atom is 0.245 e. The van der Waals surface area contributed by atoms with E-state index in [1.165, 1.54) is 6.08 Å². The van der Waals surface area contributed by atoms with Gasteiger partial charge in [0.2, 0.25) is 11.8 Å². The number of pyridine rings is 1. The van der Waals surface area contributed by atoms with Crippen molar-refractivity contribution in [3.63, 3.8) is 0 Å². The number of amides is 2. The van der Waals surface area contributed by atoms with Gasteiger partial charge in [0.1, 0.15) is 6.04 Å². The first-order chi connectivity index (χ1) is 12.6. The molecule has 1 atom stereocenters. The fourth-order valence-electron chi connectivity index (χ4n) is 2.77. The van der Waals surface area contributed by atoms with Crippen LogP contribution in [-0.4, -0.2) is 33.8 Å². The molecule has 5 nitrogen and oxygen atoms in total. The van der Waals surface area contributed by atoms with Crippen LogP contribution in [0.5, 0.6) is 0 Å². The molecule has 1 unspecified atom stereocenters. The number of aromatic nitrogens is 1. The summed E-state index contributed by atoms with van der Waals surface area (Å²) in [4.78, 5) is 30.9. The Labute approximate surface area is 153 Å². The average Bonchev–Trinajstić information content (AvgIpc) is 3.50. The summed E-state index contributed by atoms with van der Waals surface area (Å²) in [5, 5.41) is 2.77. The van der Waals surface area contributed by atoms with E-state index < -0.39 is 6.04 Å². The van der Waals surface area contributed by atoms with Crippen LogP contribution < -0.4 is 5.32 Å². The lowest BCUT2D eigenvalue weighted by Crippen LogP contribution is -2.47. The Balaban J connectivity index is 1.58. The van der Waals surface area contributed by atoms with Crippen LogP contribution in [0.2, 0.25) is 0 Å². The Hall–Kier alpha value is -2.95. The summed E-state index contributed by atoms with van der Waals surface area (Å²) in [6.45, 7) is 2.26. The standard InChI is InChI=1S/C21H23N3O2/c1-16(23-20(25)12-9-17-6-3-2-4-7-17)21(26)24(19-10-11-19)15-18-8-5-13-22-14-18/h2-9,12-14,16,19H,10-11,15H2,1H3,(H,23,25). The van der Waals surface area contributed by atoms with E-state index in [1.807, 2.05) is 47.4 Å². The zero-order chi connectivity index (χ0) is 18.4. The molecule has 134 valence electrons. The first-order valence-corrected chi connectivity index (χ1v) is 8.86. The van der Waals surface area contributed by atoms with Crippen LogP contribution in [0, 0.1) is 0 Å². The number of hydrogen-bond donors (Lipinski definition) is 1. The lowest BCUT2D eigenvalue weighted by Gasteiger charge is -2.26. The van der Waals surface area contributed by atoms with E-state index in [2.05, 4.69) is 10.3 Å². The van der Waals surface area contributed by atoms with Crippen molar-refractivity contribution in [2.45, 2.75) is 38.4 Å². The van der Waals surface area contributed by atoms with Gasteiger partial charge >= 0.3 is 0 Å². The molecule has 0 radical (unpaired) electrons. The second-order valence-corrected chi connectivity index (χ2v) is 6.53. The van der Waals surface area contributed by atoms with E-state index in [0.717, 1.165) is 24.0 Å². The third-order valence-corrected chi connectivity index (χ3v) is 4.30. The number of benzene rings is 1. The molecule has 5 heteroatoms. The van der Waals surface area contributed by atoms with Crippen LogP contribution in [-0.2, 0) is 16.1 Å². The quantitative estimate of drug-likeness (QED) is 0.782. The molecule has 3 rings (SSSR count). The van der Waals surface area contributed by atoms with Crippen LogP contribution in [0.25, 0.3) is 6.08 Å². The Bertz CT molecular complexity index is 770. The third kappa shape index (κ3) is 5.02. The van der Waals surface area contributed by atoms with Gasteiger partial charge in [-0.1, -0.05) is 36.4 Å². The molecule has 2 amide bonds. The van der Waals surface area contributed by atoms with Crippen molar-refractivity contribution in [1.82, 2.24) is 15.2 Å². The molecule has 1 aromatic carbocycles. The predicted molar refractivity (Wildman–Crippen MR) is 101 cm³/mol. The molecule has 1 aromatic heterocycles.